The van der Waals surface area contributed by atoms with Gasteiger partial charge < -0.3 is 36.2 Å². The van der Waals surface area contributed by atoms with E-state index in [2.05, 4.69) is 88.9 Å². The zero-order valence-corrected chi connectivity index (χ0v) is 36.6. The SMILES string of the molecule is COc1cc(N2CCC(NCCNC3CC(c4ccc(NC5CCC(=O)NC5=O)cc4)C3)CC2)c(C)cc1Nc1ncc(Br)c(Nc2cccc3c2N(S(C)(=O)=O)CC3)n1. The lowest BCUT2D eigenvalue weighted by molar-refractivity contribution is -0.133. The lowest BCUT2D eigenvalue weighted by atomic mass is 9.76. The van der Waals surface area contributed by atoms with E-state index in [0.717, 1.165) is 80.1 Å². The number of benzene rings is 3. The molecule has 0 spiro atoms. The predicted octanol–water partition coefficient (Wildman–Crippen LogP) is 5.68. The molecule has 1 atom stereocenters. The van der Waals surface area contributed by atoms with Gasteiger partial charge in [-0.25, -0.2) is 13.4 Å². The number of nitrogens with zero attached hydrogens (tertiary/aromatic N) is 4. The van der Waals surface area contributed by atoms with Crippen molar-refractivity contribution in [3.8, 4) is 5.75 Å². The Hall–Kier alpha value is -4.97. The van der Waals surface area contributed by atoms with Crippen molar-refractivity contribution in [2.75, 3.05) is 71.2 Å². The van der Waals surface area contributed by atoms with E-state index in [1.165, 1.54) is 16.1 Å². The van der Waals surface area contributed by atoms with Crippen molar-refractivity contribution < 1.29 is 22.7 Å². The van der Waals surface area contributed by atoms with E-state index in [-0.39, 0.29) is 17.9 Å². The summed E-state index contributed by atoms with van der Waals surface area (Å²) in [4.78, 5) is 35.2. The zero-order chi connectivity index (χ0) is 42.0. The number of hydrogen-bond acceptors (Lipinski definition) is 13. The van der Waals surface area contributed by atoms with Gasteiger partial charge in [-0.1, -0.05) is 24.3 Å². The Labute approximate surface area is 360 Å². The lowest BCUT2D eigenvalue weighted by Gasteiger charge is -2.37. The summed E-state index contributed by atoms with van der Waals surface area (Å²) in [5, 5.41) is 19.8. The van der Waals surface area contributed by atoms with Crippen LogP contribution in [0.5, 0.6) is 5.75 Å². The van der Waals surface area contributed by atoms with E-state index >= 15 is 0 Å². The smallest absolute Gasteiger partial charge is 0.249 e. The maximum Gasteiger partial charge on any atom is 0.249 e. The molecule has 4 aromatic rings. The van der Waals surface area contributed by atoms with Gasteiger partial charge in [0.2, 0.25) is 27.8 Å². The van der Waals surface area contributed by atoms with E-state index in [1.54, 1.807) is 13.3 Å². The summed E-state index contributed by atoms with van der Waals surface area (Å²) in [7, 11) is -1.77. The fraction of sp³-hybridized carbons (Fsp3) is 0.442. The minimum absolute atomic E-state index is 0.204. The first-order chi connectivity index (χ1) is 28.9. The molecular weight excluding hydrogens is 849 g/mol. The van der Waals surface area contributed by atoms with Crippen molar-refractivity contribution in [3.05, 3.63) is 82.0 Å². The van der Waals surface area contributed by atoms with E-state index in [1.807, 2.05) is 30.3 Å². The van der Waals surface area contributed by atoms with Crippen molar-refractivity contribution in [1.82, 2.24) is 25.9 Å². The quantitative estimate of drug-likeness (QED) is 0.0635. The van der Waals surface area contributed by atoms with Crippen molar-refractivity contribution in [1.29, 1.82) is 0 Å². The number of imide groups is 1. The van der Waals surface area contributed by atoms with Crippen LogP contribution >= 0.6 is 15.9 Å². The number of halogens is 1. The molecule has 2 amide bonds. The Morgan fingerprint density at radius 2 is 1.67 bits per heavy atom. The van der Waals surface area contributed by atoms with Crippen molar-refractivity contribution in [2.24, 2.45) is 0 Å². The molecule has 318 valence electrons. The van der Waals surface area contributed by atoms with E-state index in [4.69, 9.17) is 9.72 Å². The number of nitrogens with one attached hydrogen (secondary N) is 6. The van der Waals surface area contributed by atoms with Gasteiger partial charge in [0.1, 0.15) is 17.6 Å². The van der Waals surface area contributed by atoms with Gasteiger partial charge in [0, 0.05) is 74.9 Å². The second-order valence-electron chi connectivity index (χ2n) is 16.2. The Kier molecular flexibility index (Phi) is 12.5. The number of anilines is 7. The number of methoxy groups -OCH3 is 1. The highest BCUT2D eigenvalue weighted by molar-refractivity contribution is 9.10. The molecule has 15 nitrogen and oxygen atoms in total. The normalized spacial score (nSPS) is 20.6. The molecule has 0 bridgehead atoms. The van der Waals surface area contributed by atoms with Crippen LogP contribution in [0.4, 0.5) is 40.2 Å². The summed E-state index contributed by atoms with van der Waals surface area (Å²) in [6.45, 7) is 6.27. The van der Waals surface area contributed by atoms with Gasteiger partial charge >= 0.3 is 0 Å². The number of amides is 2. The number of aromatic nitrogens is 2. The van der Waals surface area contributed by atoms with Crippen LogP contribution in [-0.4, -0.2) is 94.4 Å². The monoisotopic (exact) mass is 900 g/mol. The Balaban J connectivity index is 0.785. The van der Waals surface area contributed by atoms with Gasteiger partial charge in [-0.15, -0.1) is 0 Å². The van der Waals surface area contributed by atoms with Crippen molar-refractivity contribution in [3.63, 3.8) is 0 Å². The number of carbonyl (C=O) groups excluding carboxylic acids is 2. The molecule has 1 saturated carbocycles. The highest BCUT2D eigenvalue weighted by Crippen LogP contribution is 2.41. The molecule has 6 N–H and O–H groups in total. The molecule has 3 fully saturated rings. The first-order valence-electron chi connectivity index (χ1n) is 20.7. The average molecular weight is 902 g/mol. The van der Waals surface area contributed by atoms with Crippen molar-refractivity contribution >= 4 is 78.0 Å². The number of sulfonamides is 1. The summed E-state index contributed by atoms with van der Waals surface area (Å²) in [6.07, 6.45) is 8.76. The standard InChI is InChI=1S/C43H53BrN10O5S/c1-26-21-36(50-43-47-25-33(44)41(52-43)49-34-6-4-5-28-13-20-54(40(28)34)60(3,57)58)38(59-2)24-37(26)53-18-14-30(15-19-53)45-16-17-46-32-22-29(23-32)27-7-9-31(10-8-27)48-35-11-12-39(55)51-42(35)56/h4-10,21,24-25,29-30,32,35,45-46,48H,11-20,22-23H2,1-3H3,(H,51,55,56)(H2,47,49,50,52). The molecule has 4 aliphatic rings. The topological polar surface area (TPSA) is 182 Å². The number of carbonyl (C=O) groups is 2. The van der Waals surface area contributed by atoms with E-state index in [0.29, 0.717) is 77.2 Å². The molecule has 1 aromatic heterocycles. The summed E-state index contributed by atoms with van der Waals surface area (Å²) < 4.78 is 33.0. The van der Waals surface area contributed by atoms with Gasteiger partial charge in [0.25, 0.3) is 0 Å². The van der Waals surface area contributed by atoms with Crippen molar-refractivity contribution in [2.45, 2.75) is 75.9 Å². The van der Waals surface area contributed by atoms with Crippen LogP contribution in [0.1, 0.15) is 61.1 Å². The molecule has 0 radical (unpaired) electrons. The number of para-hydroxylation sites is 1. The lowest BCUT2D eigenvalue weighted by Crippen LogP contribution is -2.47. The molecule has 8 rings (SSSR count). The van der Waals surface area contributed by atoms with Crippen LogP contribution in [0, 0.1) is 6.92 Å². The van der Waals surface area contributed by atoms with Crippen LogP contribution in [0.2, 0.25) is 0 Å². The minimum atomic E-state index is -3.44. The maximum absolute atomic E-state index is 12.5. The number of hydrogen-bond donors (Lipinski definition) is 6. The molecule has 1 unspecified atom stereocenters. The molecule has 4 heterocycles. The first kappa shape index (κ1) is 41.8. The van der Waals surface area contributed by atoms with Crippen LogP contribution < -0.4 is 45.8 Å². The molecule has 2 saturated heterocycles. The summed E-state index contributed by atoms with van der Waals surface area (Å²) in [6, 6.07) is 18.9. The minimum Gasteiger partial charge on any atom is -0.494 e. The van der Waals surface area contributed by atoms with Crippen LogP contribution in [0.3, 0.4) is 0 Å². The van der Waals surface area contributed by atoms with Crippen LogP contribution in [0.15, 0.2) is 65.3 Å². The average Bonchev–Trinajstić information content (AvgIpc) is 3.67. The van der Waals surface area contributed by atoms with E-state index in [9.17, 15) is 18.0 Å². The number of rotatable bonds is 15. The van der Waals surface area contributed by atoms with Gasteiger partial charge in [-0.2, -0.15) is 4.98 Å². The molecule has 3 aromatic carbocycles. The van der Waals surface area contributed by atoms with Gasteiger partial charge in [0.15, 0.2) is 0 Å². The Morgan fingerprint density at radius 1 is 0.917 bits per heavy atom. The van der Waals surface area contributed by atoms with Gasteiger partial charge in [-0.05, 0) is 108 Å². The Morgan fingerprint density at radius 3 is 2.38 bits per heavy atom. The summed E-state index contributed by atoms with van der Waals surface area (Å²) >= 11 is 3.56. The van der Waals surface area contributed by atoms with E-state index < -0.39 is 10.0 Å². The third-order valence-corrected chi connectivity index (χ3v) is 13.8. The first-order valence-corrected chi connectivity index (χ1v) is 23.3. The predicted molar refractivity (Wildman–Crippen MR) is 240 cm³/mol. The maximum atomic E-state index is 12.5. The number of ether oxygens (including phenoxy) is 1. The third-order valence-electron chi connectivity index (χ3n) is 12.0. The third kappa shape index (κ3) is 9.48. The molecule has 1 aliphatic carbocycles. The van der Waals surface area contributed by atoms with Crippen LogP contribution in [0.25, 0.3) is 0 Å². The second kappa shape index (κ2) is 17.9. The number of fused-ring (bicyclic) bond motifs is 1. The summed E-state index contributed by atoms with van der Waals surface area (Å²) in [5.74, 6) is 1.63. The molecule has 60 heavy (non-hydrogen) atoms. The highest BCUT2D eigenvalue weighted by atomic mass is 79.9. The van der Waals surface area contributed by atoms with Gasteiger partial charge in [0.05, 0.1) is 34.9 Å². The summed E-state index contributed by atoms with van der Waals surface area (Å²) in [5.41, 5.74) is 7.49. The highest BCUT2D eigenvalue weighted by Gasteiger charge is 2.32. The zero-order valence-electron chi connectivity index (χ0n) is 34.2. The fourth-order valence-corrected chi connectivity index (χ4v) is 9.98. The second-order valence-corrected chi connectivity index (χ2v) is 18.9. The molecule has 17 heteroatoms. The fourth-order valence-electron chi connectivity index (χ4n) is 8.72. The number of aryl methyl sites for hydroxylation is 1. The molecular formula is C43H53BrN10O5S. The van der Waals surface area contributed by atoms with Crippen LogP contribution in [-0.2, 0) is 26.0 Å². The van der Waals surface area contributed by atoms with Gasteiger partial charge in [-0.3, -0.25) is 19.2 Å². The Bertz CT molecular complexity index is 2340. The molecule has 3 aliphatic heterocycles. The number of piperidine rings is 2. The largest absolute Gasteiger partial charge is 0.494 e.